The van der Waals surface area contributed by atoms with Crippen LogP contribution >= 0.6 is 11.8 Å². The van der Waals surface area contributed by atoms with Gasteiger partial charge < -0.3 is 5.32 Å². The molecule has 1 aliphatic carbocycles. The van der Waals surface area contributed by atoms with Crippen LogP contribution in [0.4, 0.5) is 18.9 Å². The number of fused-ring (bicyclic) bond motifs is 1. The summed E-state index contributed by atoms with van der Waals surface area (Å²) < 4.78 is 38.0. The van der Waals surface area contributed by atoms with Gasteiger partial charge >= 0.3 is 6.18 Å². The van der Waals surface area contributed by atoms with Gasteiger partial charge in [-0.1, -0.05) is 6.42 Å². The fourth-order valence-corrected chi connectivity index (χ4v) is 3.72. The van der Waals surface area contributed by atoms with Gasteiger partial charge in [-0.3, -0.25) is 4.79 Å². The predicted octanol–water partition coefficient (Wildman–Crippen LogP) is 3.92. The van der Waals surface area contributed by atoms with Gasteiger partial charge in [0.1, 0.15) is 0 Å². The van der Waals surface area contributed by atoms with Crippen LogP contribution in [0.5, 0.6) is 0 Å². The number of rotatable bonds is 0. The molecule has 102 valence electrons. The molecule has 0 saturated heterocycles. The summed E-state index contributed by atoms with van der Waals surface area (Å²) in [5.41, 5.74) is -0.812. The second kappa shape index (κ2) is 4.16. The van der Waals surface area contributed by atoms with E-state index in [1.54, 1.807) is 0 Å². The van der Waals surface area contributed by atoms with Gasteiger partial charge in [-0.15, -0.1) is 11.8 Å². The Hall–Kier alpha value is -1.17. The van der Waals surface area contributed by atoms with E-state index in [0.29, 0.717) is 10.6 Å². The summed E-state index contributed by atoms with van der Waals surface area (Å²) in [5, 5.41) is 2.67. The lowest BCUT2D eigenvalue weighted by Gasteiger charge is -2.38. The zero-order chi connectivity index (χ0) is 13.7. The van der Waals surface area contributed by atoms with E-state index in [9.17, 15) is 18.0 Å². The minimum Gasteiger partial charge on any atom is -0.325 e. The Kier molecular flexibility index (Phi) is 2.81. The smallest absolute Gasteiger partial charge is 0.325 e. The second-order valence-corrected chi connectivity index (χ2v) is 6.10. The highest BCUT2D eigenvalue weighted by Crippen LogP contribution is 2.49. The van der Waals surface area contributed by atoms with Gasteiger partial charge in [0, 0.05) is 10.6 Å². The van der Waals surface area contributed by atoms with Crippen LogP contribution in [0.25, 0.3) is 0 Å². The predicted molar refractivity (Wildman–Crippen MR) is 67.1 cm³/mol. The van der Waals surface area contributed by atoms with Crippen LogP contribution in [0.2, 0.25) is 0 Å². The minimum atomic E-state index is -4.38. The molecule has 3 rings (SSSR count). The average Bonchev–Trinajstić information content (AvgIpc) is 2.41. The van der Waals surface area contributed by atoms with E-state index < -0.39 is 11.7 Å². The van der Waals surface area contributed by atoms with Crippen LogP contribution in [0.15, 0.2) is 23.1 Å². The van der Waals surface area contributed by atoms with Crippen molar-refractivity contribution in [2.45, 2.75) is 30.3 Å². The Morgan fingerprint density at radius 2 is 2.00 bits per heavy atom. The highest BCUT2D eigenvalue weighted by Gasteiger charge is 2.45. The first-order chi connectivity index (χ1) is 8.91. The first kappa shape index (κ1) is 12.8. The largest absolute Gasteiger partial charge is 0.416 e. The van der Waals surface area contributed by atoms with Crippen LogP contribution in [0.1, 0.15) is 24.8 Å². The summed E-state index contributed by atoms with van der Waals surface area (Å²) >= 11 is 1.46. The lowest BCUT2D eigenvalue weighted by molar-refractivity contribution is -0.137. The van der Waals surface area contributed by atoms with Crippen molar-refractivity contribution < 1.29 is 18.0 Å². The molecule has 0 aromatic heterocycles. The summed E-state index contributed by atoms with van der Waals surface area (Å²) in [6.45, 7) is 0. The highest BCUT2D eigenvalue weighted by atomic mass is 32.2. The van der Waals surface area contributed by atoms with Crippen LogP contribution in [0, 0.1) is 5.41 Å². The van der Waals surface area contributed by atoms with E-state index >= 15 is 0 Å². The molecule has 6 heteroatoms. The quantitative estimate of drug-likeness (QED) is 0.783. The molecule has 19 heavy (non-hydrogen) atoms. The third-order valence-electron chi connectivity index (χ3n) is 3.85. The fraction of sp³-hybridized carbons (Fsp3) is 0.462. The van der Waals surface area contributed by atoms with E-state index in [1.165, 1.54) is 17.8 Å². The third-order valence-corrected chi connectivity index (χ3v) is 5.22. The Morgan fingerprint density at radius 1 is 1.26 bits per heavy atom. The maximum absolute atomic E-state index is 12.7. The Morgan fingerprint density at radius 3 is 2.58 bits per heavy atom. The maximum Gasteiger partial charge on any atom is 0.416 e. The molecular weight excluding hydrogens is 275 g/mol. The third kappa shape index (κ3) is 2.12. The summed E-state index contributed by atoms with van der Waals surface area (Å²) in [7, 11) is 0. The number of alkyl halides is 3. The number of nitrogens with one attached hydrogen (secondary N) is 1. The number of halogens is 3. The molecule has 0 atom stereocenters. The summed E-state index contributed by atoms with van der Waals surface area (Å²) in [6.07, 6.45) is -1.72. The molecule has 0 radical (unpaired) electrons. The van der Waals surface area contributed by atoms with Crippen molar-refractivity contribution in [2.75, 3.05) is 11.1 Å². The number of hydrogen-bond acceptors (Lipinski definition) is 2. The van der Waals surface area contributed by atoms with Crippen molar-refractivity contribution >= 4 is 23.4 Å². The lowest BCUT2D eigenvalue weighted by Crippen LogP contribution is -2.43. The number of carbonyl (C=O) groups is 1. The van der Waals surface area contributed by atoms with E-state index in [2.05, 4.69) is 5.32 Å². The molecule has 2 aliphatic rings. The molecule has 1 amide bonds. The molecule has 2 nitrogen and oxygen atoms in total. The van der Waals surface area contributed by atoms with Crippen molar-refractivity contribution in [3.05, 3.63) is 23.8 Å². The molecule has 1 spiro atoms. The monoisotopic (exact) mass is 287 g/mol. The van der Waals surface area contributed by atoms with E-state index in [1.807, 2.05) is 0 Å². The number of amides is 1. The van der Waals surface area contributed by atoms with Crippen molar-refractivity contribution in [1.82, 2.24) is 0 Å². The fourth-order valence-electron chi connectivity index (χ4n) is 2.44. The van der Waals surface area contributed by atoms with Crippen LogP contribution in [-0.2, 0) is 11.0 Å². The minimum absolute atomic E-state index is 0.135. The van der Waals surface area contributed by atoms with Crippen molar-refractivity contribution in [3.8, 4) is 0 Å². The molecule has 1 saturated carbocycles. The molecule has 1 aromatic carbocycles. The average molecular weight is 287 g/mol. The molecular formula is C13H12F3NOS. The van der Waals surface area contributed by atoms with Gasteiger partial charge in [-0.2, -0.15) is 13.2 Å². The lowest BCUT2D eigenvalue weighted by atomic mass is 9.69. The Labute approximate surface area is 112 Å². The van der Waals surface area contributed by atoms with Gasteiger partial charge in [0.2, 0.25) is 5.91 Å². The molecule has 1 aromatic rings. The van der Waals surface area contributed by atoms with Gasteiger partial charge in [0.25, 0.3) is 0 Å². The normalized spacial score (nSPS) is 21.3. The van der Waals surface area contributed by atoms with Crippen LogP contribution < -0.4 is 5.32 Å². The molecule has 1 fully saturated rings. The summed E-state index contributed by atoms with van der Waals surface area (Å²) in [5.74, 6) is 0.515. The van der Waals surface area contributed by atoms with Crippen molar-refractivity contribution in [3.63, 3.8) is 0 Å². The van der Waals surface area contributed by atoms with Crippen molar-refractivity contribution in [1.29, 1.82) is 0 Å². The van der Waals surface area contributed by atoms with Gasteiger partial charge in [0.05, 0.1) is 16.7 Å². The number of anilines is 1. The van der Waals surface area contributed by atoms with E-state index in [4.69, 9.17) is 0 Å². The summed E-state index contributed by atoms with van der Waals surface area (Å²) in [4.78, 5) is 12.8. The number of hydrogen-bond donors (Lipinski definition) is 1. The zero-order valence-electron chi connectivity index (χ0n) is 10.0. The molecule has 0 unspecified atom stereocenters. The Bertz CT molecular complexity index is 537. The van der Waals surface area contributed by atoms with Crippen LogP contribution in [-0.4, -0.2) is 11.7 Å². The maximum atomic E-state index is 12.7. The Balaban J connectivity index is 1.95. The van der Waals surface area contributed by atoms with Gasteiger partial charge in [-0.05, 0) is 31.0 Å². The number of benzene rings is 1. The van der Waals surface area contributed by atoms with E-state index in [-0.39, 0.29) is 17.0 Å². The standard InChI is InChI=1S/C13H12F3NOS/c14-13(15,16)8-2-3-10-9(6-8)17-11(18)12(7-19-10)4-1-5-12/h2-3,6H,1,4-5,7H2,(H,17,18). The van der Waals surface area contributed by atoms with Crippen molar-refractivity contribution in [2.24, 2.45) is 5.41 Å². The highest BCUT2D eigenvalue weighted by molar-refractivity contribution is 7.99. The van der Waals surface area contributed by atoms with Gasteiger partial charge in [0.15, 0.2) is 0 Å². The zero-order valence-corrected chi connectivity index (χ0v) is 10.8. The van der Waals surface area contributed by atoms with E-state index in [0.717, 1.165) is 31.4 Å². The SMILES string of the molecule is O=C1Nc2cc(C(F)(F)F)ccc2SCC12CCC2. The summed E-state index contributed by atoms with van der Waals surface area (Å²) in [6, 6.07) is 3.54. The number of thioether (sulfide) groups is 1. The van der Waals surface area contributed by atoms with Crippen LogP contribution in [0.3, 0.4) is 0 Å². The first-order valence-corrected chi connectivity index (χ1v) is 7.05. The molecule has 1 N–H and O–H groups in total. The molecule has 1 heterocycles. The topological polar surface area (TPSA) is 29.1 Å². The number of carbonyl (C=O) groups excluding carboxylic acids is 1. The first-order valence-electron chi connectivity index (χ1n) is 6.06. The molecule has 1 aliphatic heterocycles. The van der Waals surface area contributed by atoms with Gasteiger partial charge in [-0.25, -0.2) is 0 Å². The molecule has 0 bridgehead atoms. The second-order valence-electron chi connectivity index (χ2n) is 5.09.